The van der Waals surface area contributed by atoms with Crippen molar-refractivity contribution in [2.24, 2.45) is 0 Å². The van der Waals surface area contributed by atoms with Crippen LogP contribution in [0, 0.1) is 0 Å². The SMILES string of the molecule is O=C1N(c2cc(Cl)cc(Cl)c2)C(=O)[C@@]2(Cc3ccc(Br)cc3)C[C@H](O)CN12. The average molecular weight is 470 g/mol. The van der Waals surface area contributed by atoms with Gasteiger partial charge in [0.2, 0.25) is 0 Å². The normalized spacial score (nSPS) is 24.7. The summed E-state index contributed by atoms with van der Waals surface area (Å²) in [7, 11) is 0. The minimum Gasteiger partial charge on any atom is -0.391 e. The lowest BCUT2D eigenvalue weighted by Gasteiger charge is -2.28. The van der Waals surface area contributed by atoms with Gasteiger partial charge in [-0.25, -0.2) is 9.69 Å². The molecule has 4 rings (SSSR count). The summed E-state index contributed by atoms with van der Waals surface area (Å²) in [5, 5.41) is 10.9. The monoisotopic (exact) mass is 468 g/mol. The highest BCUT2D eigenvalue weighted by atomic mass is 79.9. The van der Waals surface area contributed by atoms with Crippen molar-refractivity contribution in [2.75, 3.05) is 11.4 Å². The fourth-order valence-corrected chi connectivity index (χ4v) is 4.69. The molecule has 2 heterocycles. The van der Waals surface area contributed by atoms with Gasteiger partial charge in [-0.2, -0.15) is 0 Å². The maximum Gasteiger partial charge on any atom is 0.332 e. The maximum absolute atomic E-state index is 13.4. The maximum atomic E-state index is 13.4. The van der Waals surface area contributed by atoms with Crippen LogP contribution in [0.1, 0.15) is 12.0 Å². The van der Waals surface area contributed by atoms with Crippen molar-refractivity contribution in [3.63, 3.8) is 0 Å². The van der Waals surface area contributed by atoms with Gasteiger partial charge in [0.05, 0.1) is 11.8 Å². The van der Waals surface area contributed by atoms with Crippen molar-refractivity contribution in [1.29, 1.82) is 0 Å². The van der Waals surface area contributed by atoms with Crippen molar-refractivity contribution in [3.05, 3.63) is 62.5 Å². The van der Waals surface area contributed by atoms with Gasteiger partial charge < -0.3 is 10.0 Å². The van der Waals surface area contributed by atoms with Gasteiger partial charge >= 0.3 is 6.03 Å². The lowest BCUT2D eigenvalue weighted by molar-refractivity contribution is -0.124. The van der Waals surface area contributed by atoms with Crippen LogP contribution in [0.4, 0.5) is 10.5 Å². The van der Waals surface area contributed by atoms with Crippen molar-refractivity contribution >= 4 is 56.8 Å². The predicted octanol–water partition coefficient (Wildman–Crippen LogP) is 4.27. The molecule has 0 unspecified atom stereocenters. The Morgan fingerprint density at radius 2 is 1.74 bits per heavy atom. The number of amides is 3. The first-order valence-electron chi connectivity index (χ1n) is 8.35. The number of benzene rings is 2. The summed E-state index contributed by atoms with van der Waals surface area (Å²) in [4.78, 5) is 29.0. The number of hydrogen-bond acceptors (Lipinski definition) is 3. The molecule has 2 atom stereocenters. The van der Waals surface area contributed by atoms with Crippen LogP contribution in [0.25, 0.3) is 0 Å². The Bertz CT molecular complexity index is 917. The van der Waals surface area contributed by atoms with Gasteiger partial charge in [-0.15, -0.1) is 0 Å². The quantitative estimate of drug-likeness (QED) is 0.682. The van der Waals surface area contributed by atoms with Crippen LogP contribution in [0.3, 0.4) is 0 Å². The van der Waals surface area contributed by atoms with Crippen molar-refractivity contribution in [1.82, 2.24) is 4.90 Å². The Morgan fingerprint density at radius 3 is 2.37 bits per heavy atom. The number of aliphatic hydroxyl groups is 1. The molecule has 2 aromatic rings. The Kier molecular flexibility index (Phi) is 4.71. The highest BCUT2D eigenvalue weighted by molar-refractivity contribution is 9.10. The molecule has 27 heavy (non-hydrogen) atoms. The minimum atomic E-state index is -1.11. The van der Waals surface area contributed by atoms with Gasteiger partial charge in [0, 0.05) is 33.9 Å². The van der Waals surface area contributed by atoms with E-state index in [-0.39, 0.29) is 18.9 Å². The number of carbonyl (C=O) groups excluding carboxylic acids is 2. The van der Waals surface area contributed by atoms with E-state index >= 15 is 0 Å². The van der Waals surface area contributed by atoms with Gasteiger partial charge in [0.1, 0.15) is 5.54 Å². The first-order valence-corrected chi connectivity index (χ1v) is 9.90. The fraction of sp³-hybridized carbons (Fsp3) is 0.263. The third kappa shape index (κ3) is 3.14. The number of carbonyl (C=O) groups is 2. The van der Waals surface area contributed by atoms with Gasteiger partial charge in [-0.1, -0.05) is 51.3 Å². The lowest BCUT2D eigenvalue weighted by atomic mass is 9.87. The van der Waals surface area contributed by atoms with Crippen LogP contribution < -0.4 is 4.90 Å². The summed E-state index contributed by atoms with van der Waals surface area (Å²) in [5.41, 5.74) is 0.130. The summed E-state index contributed by atoms with van der Waals surface area (Å²) in [6.07, 6.45) is -0.219. The number of imide groups is 1. The third-order valence-corrected chi connectivity index (χ3v) is 5.99. The number of aliphatic hydroxyl groups excluding tert-OH is 1. The molecule has 1 N–H and O–H groups in total. The fourth-order valence-electron chi connectivity index (χ4n) is 3.91. The summed E-state index contributed by atoms with van der Waals surface area (Å²) in [6, 6.07) is 11.7. The van der Waals surface area contributed by atoms with E-state index in [1.54, 1.807) is 6.07 Å². The molecular formula is C19H15BrCl2N2O3. The van der Waals surface area contributed by atoms with E-state index in [1.165, 1.54) is 17.0 Å². The van der Waals surface area contributed by atoms with E-state index in [9.17, 15) is 14.7 Å². The molecule has 0 spiro atoms. The zero-order chi connectivity index (χ0) is 19.3. The van der Waals surface area contributed by atoms with Gasteiger partial charge in [-0.3, -0.25) is 4.79 Å². The summed E-state index contributed by atoms with van der Waals surface area (Å²) < 4.78 is 0.927. The molecule has 0 aliphatic carbocycles. The van der Waals surface area contributed by atoms with E-state index < -0.39 is 17.7 Å². The molecule has 8 heteroatoms. The van der Waals surface area contributed by atoms with Crippen LogP contribution in [-0.2, 0) is 11.2 Å². The lowest BCUT2D eigenvalue weighted by Crippen LogP contribution is -2.47. The molecule has 2 fully saturated rings. The second-order valence-electron chi connectivity index (χ2n) is 6.85. The number of hydrogen-bond donors (Lipinski definition) is 1. The number of anilines is 1. The van der Waals surface area contributed by atoms with Crippen LogP contribution in [0.5, 0.6) is 0 Å². The number of β-amino-alcohol motifs (C(OH)–C–C–N with tert-alkyl or cyclic N) is 1. The highest BCUT2D eigenvalue weighted by Crippen LogP contribution is 2.43. The number of nitrogens with zero attached hydrogens (tertiary/aromatic N) is 2. The third-order valence-electron chi connectivity index (χ3n) is 5.02. The average Bonchev–Trinajstić information content (AvgIpc) is 3.01. The molecule has 140 valence electrons. The molecule has 0 radical (unpaired) electrons. The van der Waals surface area contributed by atoms with E-state index in [0.717, 1.165) is 14.9 Å². The number of halogens is 3. The topological polar surface area (TPSA) is 60.9 Å². The van der Waals surface area contributed by atoms with Gasteiger partial charge in [-0.05, 0) is 35.9 Å². The molecular weight excluding hydrogens is 455 g/mol. The largest absolute Gasteiger partial charge is 0.391 e. The van der Waals surface area contributed by atoms with E-state index in [0.29, 0.717) is 22.2 Å². The molecule has 2 aliphatic heterocycles. The Hall–Kier alpha value is -1.60. The number of rotatable bonds is 3. The van der Waals surface area contributed by atoms with Crippen LogP contribution in [-0.4, -0.2) is 40.1 Å². The van der Waals surface area contributed by atoms with E-state index in [1.807, 2.05) is 24.3 Å². The molecule has 0 bridgehead atoms. The first-order chi connectivity index (χ1) is 12.8. The van der Waals surface area contributed by atoms with Crippen molar-refractivity contribution in [3.8, 4) is 0 Å². The zero-order valence-electron chi connectivity index (χ0n) is 14.0. The summed E-state index contributed by atoms with van der Waals surface area (Å²) in [5.74, 6) is -0.370. The molecule has 0 aromatic heterocycles. The Labute approximate surface area is 174 Å². The molecule has 0 saturated carbocycles. The summed E-state index contributed by atoms with van der Waals surface area (Å²) in [6.45, 7) is 0.117. The first kappa shape index (κ1) is 18.7. The predicted molar refractivity (Wildman–Crippen MR) is 107 cm³/mol. The van der Waals surface area contributed by atoms with Crippen LogP contribution >= 0.6 is 39.1 Å². The van der Waals surface area contributed by atoms with Crippen molar-refractivity contribution < 1.29 is 14.7 Å². The molecule has 2 saturated heterocycles. The number of fused-ring (bicyclic) bond motifs is 1. The molecule has 2 aromatic carbocycles. The highest BCUT2D eigenvalue weighted by Gasteiger charge is 2.62. The standard InChI is InChI=1S/C19H15BrCl2N2O3/c20-12-3-1-11(2-4-12)8-19-9-16(25)10-23(19)18(27)24(17(19)26)15-6-13(21)5-14(22)7-15/h1-7,16,25H,8-10H2/t16-,19+/m0/s1. The smallest absolute Gasteiger partial charge is 0.332 e. The molecule has 3 amide bonds. The van der Waals surface area contributed by atoms with E-state index in [4.69, 9.17) is 23.2 Å². The van der Waals surface area contributed by atoms with E-state index in [2.05, 4.69) is 15.9 Å². The van der Waals surface area contributed by atoms with Crippen LogP contribution in [0.15, 0.2) is 46.9 Å². The van der Waals surface area contributed by atoms with Gasteiger partial charge in [0.25, 0.3) is 5.91 Å². The minimum absolute atomic E-state index is 0.117. The molecule has 2 aliphatic rings. The second-order valence-corrected chi connectivity index (χ2v) is 8.64. The second kappa shape index (κ2) is 6.78. The van der Waals surface area contributed by atoms with Crippen LogP contribution in [0.2, 0.25) is 10.0 Å². The zero-order valence-corrected chi connectivity index (χ0v) is 17.1. The molecule has 5 nitrogen and oxygen atoms in total. The number of urea groups is 1. The summed E-state index contributed by atoms with van der Waals surface area (Å²) >= 11 is 15.5. The van der Waals surface area contributed by atoms with Gasteiger partial charge in [0.15, 0.2) is 0 Å². The van der Waals surface area contributed by atoms with Crippen molar-refractivity contribution in [2.45, 2.75) is 24.5 Å². The Morgan fingerprint density at radius 1 is 1.11 bits per heavy atom. The Balaban J connectivity index is 1.76.